The molecular weight excluding hydrogens is 232 g/mol. The Labute approximate surface area is 108 Å². The summed E-state index contributed by atoms with van der Waals surface area (Å²) in [7, 11) is 2.94. The van der Waals surface area contributed by atoms with Gasteiger partial charge in [0.25, 0.3) is 0 Å². The van der Waals surface area contributed by atoms with Gasteiger partial charge in [0.1, 0.15) is 17.1 Å². The van der Waals surface area contributed by atoms with Gasteiger partial charge in [0, 0.05) is 0 Å². The Morgan fingerprint density at radius 3 is 2.11 bits per heavy atom. The fraction of sp³-hybridized carbons (Fsp3) is 0.500. The van der Waals surface area contributed by atoms with Gasteiger partial charge in [-0.05, 0) is 30.5 Å². The number of methoxy groups -OCH3 is 2. The van der Waals surface area contributed by atoms with E-state index in [4.69, 9.17) is 14.6 Å². The summed E-state index contributed by atoms with van der Waals surface area (Å²) in [6.07, 6.45) is 4.29. The van der Waals surface area contributed by atoms with Crippen LogP contribution in [0.5, 0.6) is 11.5 Å². The van der Waals surface area contributed by atoms with E-state index in [1.165, 1.54) is 14.2 Å². The van der Waals surface area contributed by atoms with Crippen LogP contribution in [-0.2, 0) is 6.42 Å². The van der Waals surface area contributed by atoms with Gasteiger partial charge in [0.15, 0.2) is 0 Å². The standard InChI is InChI=1S/C14H20O4/c1-4-5-6-7-10-8-11(17-2)13(14(15)16)12(9-10)18-3/h8-9H,4-7H2,1-3H3,(H,15,16). The third-order valence-corrected chi connectivity index (χ3v) is 2.85. The van der Waals surface area contributed by atoms with E-state index in [2.05, 4.69) is 6.92 Å². The summed E-state index contributed by atoms with van der Waals surface area (Å²) in [4.78, 5) is 11.2. The molecule has 0 heterocycles. The number of carbonyl (C=O) groups is 1. The lowest BCUT2D eigenvalue weighted by Crippen LogP contribution is -2.05. The van der Waals surface area contributed by atoms with Crippen LogP contribution in [0.15, 0.2) is 12.1 Å². The van der Waals surface area contributed by atoms with Gasteiger partial charge < -0.3 is 14.6 Å². The Hall–Kier alpha value is -1.71. The van der Waals surface area contributed by atoms with Gasteiger partial charge in [0.05, 0.1) is 14.2 Å². The number of aryl methyl sites for hydroxylation is 1. The molecule has 100 valence electrons. The maximum absolute atomic E-state index is 11.2. The zero-order valence-corrected chi connectivity index (χ0v) is 11.2. The van der Waals surface area contributed by atoms with Gasteiger partial charge in [-0.25, -0.2) is 4.79 Å². The zero-order valence-electron chi connectivity index (χ0n) is 11.2. The first kappa shape index (κ1) is 14.4. The average Bonchev–Trinajstić information content (AvgIpc) is 2.37. The van der Waals surface area contributed by atoms with Crippen molar-refractivity contribution in [2.45, 2.75) is 32.6 Å². The maximum atomic E-state index is 11.2. The van der Waals surface area contributed by atoms with Crippen molar-refractivity contribution in [2.75, 3.05) is 14.2 Å². The second-order valence-electron chi connectivity index (χ2n) is 4.14. The molecule has 4 heteroatoms. The fourth-order valence-electron chi connectivity index (χ4n) is 1.90. The van der Waals surface area contributed by atoms with Crippen LogP contribution >= 0.6 is 0 Å². The third-order valence-electron chi connectivity index (χ3n) is 2.85. The SMILES string of the molecule is CCCCCc1cc(OC)c(C(=O)O)c(OC)c1. The minimum Gasteiger partial charge on any atom is -0.496 e. The number of ether oxygens (including phenoxy) is 2. The molecule has 0 fully saturated rings. The molecule has 0 spiro atoms. The van der Waals surface area contributed by atoms with Crippen LogP contribution in [0, 0.1) is 0 Å². The molecule has 1 aromatic rings. The van der Waals surface area contributed by atoms with Crippen LogP contribution < -0.4 is 9.47 Å². The first-order valence-electron chi connectivity index (χ1n) is 6.12. The predicted octanol–water partition coefficient (Wildman–Crippen LogP) is 3.13. The molecular formula is C14H20O4. The molecule has 0 saturated heterocycles. The molecule has 0 amide bonds. The van der Waals surface area contributed by atoms with Crippen LogP contribution in [0.25, 0.3) is 0 Å². The van der Waals surface area contributed by atoms with E-state index in [-0.39, 0.29) is 5.56 Å². The van der Waals surface area contributed by atoms with E-state index >= 15 is 0 Å². The number of hydrogen-bond acceptors (Lipinski definition) is 3. The lowest BCUT2D eigenvalue weighted by Gasteiger charge is -2.12. The summed E-state index contributed by atoms with van der Waals surface area (Å²) in [5.41, 5.74) is 1.13. The molecule has 0 aliphatic carbocycles. The van der Waals surface area contributed by atoms with Gasteiger partial charge >= 0.3 is 5.97 Å². The number of rotatable bonds is 7. The minimum absolute atomic E-state index is 0.0826. The van der Waals surface area contributed by atoms with E-state index in [9.17, 15) is 4.79 Å². The Morgan fingerprint density at radius 2 is 1.72 bits per heavy atom. The summed E-state index contributed by atoms with van der Waals surface area (Å²) < 4.78 is 10.3. The molecule has 1 rings (SSSR count). The van der Waals surface area contributed by atoms with Gasteiger partial charge in [-0.15, -0.1) is 0 Å². The van der Waals surface area contributed by atoms with Crippen molar-refractivity contribution in [2.24, 2.45) is 0 Å². The Morgan fingerprint density at radius 1 is 1.17 bits per heavy atom. The molecule has 0 aliphatic heterocycles. The first-order valence-corrected chi connectivity index (χ1v) is 6.12. The Balaban J connectivity index is 3.06. The van der Waals surface area contributed by atoms with E-state index in [0.29, 0.717) is 11.5 Å². The first-order chi connectivity index (χ1) is 8.63. The number of carboxylic acids is 1. The molecule has 0 saturated carbocycles. The minimum atomic E-state index is -1.04. The highest BCUT2D eigenvalue weighted by molar-refractivity contribution is 5.94. The normalized spacial score (nSPS) is 10.2. The largest absolute Gasteiger partial charge is 0.496 e. The van der Waals surface area contributed by atoms with Crippen molar-refractivity contribution >= 4 is 5.97 Å². The smallest absolute Gasteiger partial charge is 0.343 e. The van der Waals surface area contributed by atoms with Gasteiger partial charge in [-0.3, -0.25) is 0 Å². The average molecular weight is 252 g/mol. The summed E-state index contributed by atoms with van der Waals surface area (Å²) >= 11 is 0. The number of carboxylic acid groups (broad SMARTS) is 1. The number of unbranched alkanes of at least 4 members (excludes halogenated alkanes) is 2. The quantitative estimate of drug-likeness (QED) is 0.757. The van der Waals surface area contributed by atoms with Crippen molar-refractivity contribution in [3.8, 4) is 11.5 Å². The van der Waals surface area contributed by atoms with Gasteiger partial charge in [-0.1, -0.05) is 19.8 Å². The lowest BCUT2D eigenvalue weighted by atomic mass is 10.0. The van der Waals surface area contributed by atoms with Crippen LogP contribution in [0.1, 0.15) is 42.1 Å². The van der Waals surface area contributed by atoms with Crippen LogP contribution in [0.2, 0.25) is 0 Å². The van der Waals surface area contributed by atoms with E-state index < -0.39 is 5.97 Å². The summed E-state index contributed by atoms with van der Waals surface area (Å²) in [6, 6.07) is 3.56. The van der Waals surface area contributed by atoms with E-state index in [0.717, 1.165) is 31.2 Å². The van der Waals surface area contributed by atoms with Gasteiger partial charge in [0.2, 0.25) is 0 Å². The highest BCUT2D eigenvalue weighted by Gasteiger charge is 2.18. The molecule has 18 heavy (non-hydrogen) atoms. The molecule has 4 nitrogen and oxygen atoms in total. The summed E-state index contributed by atoms with van der Waals surface area (Å²) in [5, 5.41) is 9.15. The third kappa shape index (κ3) is 3.39. The van der Waals surface area contributed by atoms with Crippen LogP contribution in [-0.4, -0.2) is 25.3 Å². The topological polar surface area (TPSA) is 55.8 Å². The van der Waals surface area contributed by atoms with Crippen LogP contribution in [0.4, 0.5) is 0 Å². The molecule has 0 atom stereocenters. The highest BCUT2D eigenvalue weighted by Crippen LogP contribution is 2.31. The molecule has 0 aromatic heterocycles. The number of hydrogen-bond donors (Lipinski definition) is 1. The van der Waals surface area contributed by atoms with Gasteiger partial charge in [-0.2, -0.15) is 0 Å². The molecule has 0 aliphatic rings. The monoisotopic (exact) mass is 252 g/mol. The van der Waals surface area contributed by atoms with Crippen molar-refractivity contribution in [3.05, 3.63) is 23.3 Å². The van der Waals surface area contributed by atoms with Crippen LogP contribution in [0.3, 0.4) is 0 Å². The fourth-order valence-corrected chi connectivity index (χ4v) is 1.90. The Kier molecular flexibility index (Phi) is 5.49. The lowest BCUT2D eigenvalue weighted by molar-refractivity contribution is 0.0689. The number of aromatic carboxylic acids is 1. The zero-order chi connectivity index (χ0) is 13.5. The Bertz CT molecular complexity index is 387. The highest BCUT2D eigenvalue weighted by atomic mass is 16.5. The van der Waals surface area contributed by atoms with Crippen molar-refractivity contribution < 1.29 is 19.4 Å². The number of benzene rings is 1. The van der Waals surface area contributed by atoms with Crippen molar-refractivity contribution in [1.29, 1.82) is 0 Å². The predicted molar refractivity (Wildman–Crippen MR) is 69.7 cm³/mol. The van der Waals surface area contributed by atoms with E-state index in [1.54, 1.807) is 12.1 Å². The van der Waals surface area contributed by atoms with E-state index in [1.807, 2.05) is 0 Å². The summed E-state index contributed by atoms with van der Waals surface area (Å²) in [6.45, 7) is 2.15. The second-order valence-corrected chi connectivity index (χ2v) is 4.14. The molecule has 0 radical (unpaired) electrons. The summed E-state index contributed by atoms with van der Waals surface area (Å²) in [5.74, 6) is -0.328. The molecule has 0 unspecified atom stereocenters. The maximum Gasteiger partial charge on any atom is 0.343 e. The second kappa shape index (κ2) is 6.89. The van der Waals surface area contributed by atoms with Crippen molar-refractivity contribution in [3.63, 3.8) is 0 Å². The van der Waals surface area contributed by atoms with Crippen molar-refractivity contribution in [1.82, 2.24) is 0 Å². The molecule has 1 aromatic carbocycles. The molecule has 1 N–H and O–H groups in total. The molecule has 0 bridgehead atoms.